The predicted molar refractivity (Wildman–Crippen MR) is 110 cm³/mol. The molecule has 0 atom stereocenters. The average molecular weight is 401 g/mol. The molecule has 0 bridgehead atoms. The molecule has 0 spiro atoms. The first kappa shape index (κ1) is 19.1. The van der Waals surface area contributed by atoms with Crippen molar-refractivity contribution in [2.24, 2.45) is 0 Å². The average Bonchev–Trinajstić information content (AvgIpc) is 3.10. The Kier molecular flexibility index (Phi) is 5.34. The van der Waals surface area contributed by atoms with Gasteiger partial charge in [0.05, 0.1) is 15.5 Å². The van der Waals surface area contributed by atoms with E-state index in [1.54, 1.807) is 12.1 Å². The van der Waals surface area contributed by atoms with E-state index >= 15 is 0 Å². The van der Waals surface area contributed by atoms with E-state index in [1.165, 1.54) is 11.4 Å². The van der Waals surface area contributed by atoms with Crippen LogP contribution in [0.3, 0.4) is 0 Å². The number of rotatable bonds is 5. The Morgan fingerprint density at radius 2 is 1.59 bits per heavy atom. The Morgan fingerprint density at radius 3 is 2.22 bits per heavy atom. The summed E-state index contributed by atoms with van der Waals surface area (Å²) in [5.41, 5.74) is 4.01. The first-order valence-electron chi connectivity index (χ1n) is 8.32. The van der Waals surface area contributed by atoms with Gasteiger partial charge in [-0.1, -0.05) is 35.9 Å². The van der Waals surface area contributed by atoms with Gasteiger partial charge < -0.3 is 5.32 Å². The van der Waals surface area contributed by atoms with Gasteiger partial charge in [0, 0.05) is 11.1 Å². The molecule has 0 aliphatic carbocycles. The van der Waals surface area contributed by atoms with Gasteiger partial charge in [-0.2, -0.15) is 0 Å². The van der Waals surface area contributed by atoms with E-state index in [4.69, 9.17) is 0 Å². The number of hydrogen-bond acceptors (Lipinski definition) is 4. The van der Waals surface area contributed by atoms with Gasteiger partial charge in [0.25, 0.3) is 15.9 Å². The minimum atomic E-state index is -3.78. The molecule has 0 unspecified atom stereocenters. The van der Waals surface area contributed by atoms with Crippen LogP contribution >= 0.6 is 11.3 Å². The van der Waals surface area contributed by atoms with Crippen LogP contribution in [0, 0.1) is 20.8 Å². The maximum absolute atomic E-state index is 12.7. The molecule has 0 aliphatic heterocycles. The van der Waals surface area contributed by atoms with E-state index in [2.05, 4.69) is 10.0 Å². The minimum Gasteiger partial charge on any atom is -0.321 e. The van der Waals surface area contributed by atoms with Crippen LogP contribution in [0.15, 0.2) is 58.8 Å². The Morgan fingerprint density at radius 1 is 0.963 bits per heavy atom. The monoisotopic (exact) mass is 400 g/mol. The van der Waals surface area contributed by atoms with Gasteiger partial charge in [0.1, 0.15) is 0 Å². The van der Waals surface area contributed by atoms with Crippen LogP contribution in [-0.2, 0) is 10.0 Å². The number of nitrogens with one attached hydrogen (secondary N) is 2. The largest absolute Gasteiger partial charge is 0.321 e. The zero-order valence-corrected chi connectivity index (χ0v) is 16.9. The summed E-state index contributed by atoms with van der Waals surface area (Å²) in [6.45, 7) is 5.70. The van der Waals surface area contributed by atoms with E-state index in [0.29, 0.717) is 16.3 Å². The summed E-state index contributed by atoms with van der Waals surface area (Å²) in [4.78, 5) is 12.7. The summed E-state index contributed by atoms with van der Waals surface area (Å²) in [5, 5.41) is 4.23. The fourth-order valence-electron chi connectivity index (χ4n) is 2.83. The highest BCUT2D eigenvalue weighted by Crippen LogP contribution is 2.27. The molecule has 1 amide bonds. The predicted octanol–water partition coefficient (Wildman–Crippen LogP) is 4.73. The minimum absolute atomic E-state index is 0.0742. The molecule has 7 heteroatoms. The van der Waals surface area contributed by atoms with Crippen molar-refractivity contribution in [2.75, 3.05) is 10.0 Å². The van der Waals surface area contributed by atoms with Crippen molar-refractivity contribution in [3.63, 3.8) is 0 Å². The molecular weight excluding hydrogens is 380 g/mol. The topological polar surface area (TPSA) is 75.3 Å². The Labute approximate surface area is 163 Å². The zero-order chi connectivity index (χ0) is 19.6. The summed E-state index contributed by atoms with van der Waals surface area (Å²) >= 11 is 1.09. The van der Waals surface area contributed by atoms with Crippen LogP contribution in [0.4, 0.5) is 11.4 Å². The number of para-hydroxylation sites is 1. The van der Waals surface area contributed by atoms with Crippen LogP contribution in [0.5, 0.6) is 0 Å². The van der Waals surface area contributed by atoms with Gasteiger partial charge in [-0.15, -0.1) is 11.3 Å². The molecule has 0 fully saturated rings. The lowest BCUT2D eigenvalue weighted by Crippen LogP contribution is -2.14. The van der Waals surface area contributed by atoms with Crippen molar-refractivity contribution in [2.45, 2.75) is 25.7 Å². The SMILES string of the molecule is Cc1cc(C)c(NS(=O)(=O)c2csc(C(=O)Nc3ccccc3)c2)c(C)c1. The van der Waals surface area contributed by atoms with Crippen molar-refractivity contribution in [3.8, 4) is 0 Å². The number of carbonyl (C=O) groups is 1. The smallest absolute Gasteiger partial charge is 0.265 e. The maximum atomic E-state index is 12.7. The number of thiophene rings is 1. The second kappa shape index (κ2) is 7.54. The van der Waals surface area contributed by atoms with Gasteiger partial charge in [-0.25, -0.2) is 8.42 Å². The Hall–Kier alpha value is -2.64. The first-order chi connectivity index (χ1) is 12.8. The fourth-order valence-corrected chi connectivity index (χ4v) is 5.20. The van der Waals surface area contributed by atoms with E-state index in [-0.39, 0.29) is 10.8 Å². The summed E-state index contributed by atoms with van der Waals surface area (Å²) in [6, 6.07) is 14.3. The van der Waals surface area contributed by atoms with E-state index in [9.17, 15) is 13.2 Å². The zero-order valence-electron chi connectivity index (χ0n) is 15.2. The lowest BCUT2D eigenvalue weighted by molar-refractivity contribution is 0.103. The summed E-state index contributed by atoms with van der Waals surface area (Å²) in [7, 11) is -3.78. The van der Waals surface area contributed by atoms with E-state index in [1.807, 2.05) is 51.1 Å². The summed E-state index contributed by atoms with van der Waals surface area (Å²) < 4.78 is 28.1. The molecule has 3 rings (SSSR count). The molecule has 0 radical (unpaired) electrons. The molecule has 3 aromatic rings. The third-order valence-electron chi connectivity index (χ3n) is 4.05. The molecule has 0 aliphatic rings. The molecular formula is C20H20N2O3S2. The molecule has 1 aromatic heterocycles. The van der Waals surface area contributed by atoms with Crippen LogP contribution in [0.2, 0.25) is 0 Å². The van der Waals surface area contributed by atoms with Crippen molar-refractivity contribution < 1.29 is 13.2 Å². The molecule has 140 valence electrons. The highest BCUT2D eigenvalue weighted by atomic mass is 32.2. The lowest BCUT2D eigenvalue weighted by atomic mass is 10.1. The number of anilines is 2. The number of amides is 1. The van der Waals surface area contributed by atoms with Crippen LogP contribution in [-0.4, -0.2) is 14.3 Å². The maximum Gasteiger partial charge on any atom is 0.265 e. The Balaban J connectivity index is 1.82. The number of carbonyl (C=O) groups excluding carboxylic acids is 1. The molecule has 1 heterocycles. The van der Waals surface area contributed by atoms with E-state index < -0.39 is 10.0 Å². The van der Waals surface area contributed by atoms with Crippen molar-refractivity contribution in [1.82, 2.24) is 0 Å². The van der Waals surface area contributed by atoms with Crippen molar-refractivity contribution >= 4 is 38.6 Å². The van der Waals surface area contributed by atoms with Gasteiger partial charge in [0.2, 0.25) is 0 Å². The highest BCUT2D eigenvalue weighted by Gasteiger charge is 2.20. The quantitative estimate of drug-likeness (QED) is 0.650. The summed E-state index contributed by atoms with van der Waals surface area (Å²) in [6.07, 6.45) is 0. The molecule has 2 aromatic carbocycles. The molecule has 27 heavy (non-hydrogen) atoms. The van der Waals surface area contributed by atoms with Gasteiger partial charge >= 0.3 is 0 Å². The number of aryl methyl sites for hydroxylation is 3. The second-order valence-electron chi connectivity index (χ2n) is 6.35. The molecule has 5 nitrogen and oxygen atoms in total. The van der Waals surface area contributed by atoms with Crippen LogP contribution < -0.4 is 10.0 Å². The normalized spacial score (nSPS) is 11.2. The van der Waals surface area contributed by atoms with Gasteiger partial charge in [-0.05, 0) is 50.1 Å². The van der Waals surface area contributed by atoms with Crippen molar-refractivity contribution in [1.29, 1.82) is 0 Å². The van der Waals surface area contributed by atoms with E-state index in [0.717, 1.165) is 28.0 Å². The lowest BCUT2D eigenvalue weighted by Gasteiger charge is -2.13. The molecule has 0 saturated carbocycles. The second-order valence-corrected chi connectivity index (χ2v) is 8.94. The number of hydrogen-bond donors (Lipinski definition) is 2. The highest BCUT2D eigenvalue weighted by molar-refractivity contribution is 7.92. The van der Waals surface area contributed by atoms with Crippen LogP contribution in [0.25, 0.3) is 0 Å². The fraction of sp³-hybridized carbons (Fsp3) is 0.150. The standard InChI is InChI=1S/C20H20N2O3S2/c1-13-9-14(2)19(15(3)10-13)22-27(24,25)17-11-18(26-12-17)20(23)21-16-7-5-4-6-8-16/h4-12,22H,1-3H3,(H,21,23). The first-order valence-corrected chi connectivity index (χ1v) is 10.7. The number of sulfonamides is 1. The summed E-state index contributed by atoms with van der Waals surface area (Å²) in [5.74, 6) is -0.338. The number of benzene rings is 2. The third kappa shape index (κ3) is 4.37. The molecule has 2 N–H and O–H groups in total. The van der Waals surface area contributed by atoms with Gasteiger partial charge in [0.15, 0.2) is 0 Å². The van der Waals surface area contributed by atoms with Crippen molar-refractivity contribution in [3.05, 3.63) is 75.5 Å². The van der Waals surface area contributed by atoms with Crippen LogP contribution in [0.1, 0.15) is 26.4 Å². The Bertz CT molecular complexity index is 1060. The molecule has 0 saturated heterocycles. The van der Waals surface area contributed by atoms with Gasteiger partial charge in [-0.3, -0.25) is 9.52 Å². The third-order valence-corrected chi connectivity index (χ3v) is 6.46.